The summed E-state index contributed by atoms with van der Waals surface area (Å²) in [5.41, 5.74) is 3.53. The lowest BCUT2D eigenvalue weighted by molar-refractivity contribution is -0.154. The molecule has 1 heterocycles. The highest BCUT2D eigenvalue weighted by Gasteiger charge is 2.59. The van der Waals surface area contributed by atoms with Gasteiger partial charge in [0.05, 0.1) is 48.8 Å². The molecule has 1 saturated heterocycles. The van der Waals surface area contributed by atoms with E-state index in [1.807, 2.05) is 39.8 Å². The van der Waals surface area contributed by atoms with Gasteiger partial charge in [-0.2, -0.15) is 0 Å². The average Bonchev–Trinajstić information content (AvgIpc) is 3.84. The number of nitrogens with two attached hydrogens (primary N) is 1. The van der Waals surface area contributed by atoms with Crippen LogP contribution in [0.1, 0.15) is 87.5 Å². The number of carbonyl (C=O) groups excluding carboxylic acids is 5. The molecule has 1 saturated carbocycles. The lowest BCUT2D eigenvalue weighted by atomic mass is 9.73. The minimum absolute atomic E-state index is 0.0629. The molecule has 10 atom stereocenters. The number of likely N-dealkylation sites (tertiary alicyclic amines) is 1. The number of hydrogen-bond donors (Lipinski definition) is 3. The number of nitrogens with one attached hydrogen (secondary N) is 2. The summed E-state index contributed by atoms with van der Waals surface area (Å²) in [6, 6.07) is -2.31. The van der Waals surface area contributed by atoms with Crippen LogP contribution in [0.2, 0.25) is 0 Å². The van der Waals surface area contributed by atoms with Gasteiger partial charge < -0.3 is 40.4 Å². The second-order valence-corrected chi connectivity index (χ2v) is 17.2. The second-order valence-electron chi connectivity index (χ2n) is 17.2. The van der Waals surface area contributed by atoms with Crippen LogP contribution in [0, 0.1) is 35.0 Å². The summed E-state index contributed by atoms with van der Waals surface area (Å²) in [5, 5.41) is 5.88. The predicted molar refractivity (Wildman–Crippen MR) is 212 cm³/mol. The van der Waals surface area contributed by atoms with Gasteiger partial charge in [0.25, 0.3) is 0 Å². The maximum atomic E-state index is 14.4. The third-order valence-corrected chi connectivity index (χ3v) is 12.5. The van der Waals surface area contributed by atoms with Gasteiger partial charge in [0.15, 0.2) is 0 Å². The monoisotopic (exact) mass is 772 g/mol. The molecule has 0 aromatic carbocycles. The van der Waals surface area contributed by atoms with E-state index in [0.29, 0.717) is 19.4 Å². The molecule has 4 N–H and O–H groups in total. The SMILES string of the molecule is C=C[C@H](C)[C@@H]([C@@H](CC(=O)N1CCCC1(C)[C@H](OC)[C@@H](C)C(=O)N[C@@H](C(=O)OC)C1(C2C=CC=CC2C)CC1)OC)N(C)C(=O)[C@@H](NC(=O)C(C)(C)N)C(C)C. The van der Waals surface area contributed by atoms with E-state index < -0.39 is 64.6 Å². The highest BCUT2D eigenvalue weighted by atomic mass is 16.5. The highest BCUT2D eigenvalue weighted by molar-refractivity contribution is 5.92. The number of allylic oxidation sites excluding steroid dienone is 4. The van der Waals surface area contributed by atoms with Crippen molar-refractivity contribution in [3.05, 3.63) is 37.0 Å². The Hall–Kier alpha value is -3.55. The Kier molecular flexibility index (Phi) is 15.5. The number of nitrogens with zero attached hydrogens (tertiary/aromatic N) is 2. The van der Waals surface area contributed by atoms with Crippen molar-refractivity contribution in [3.8, 4) is 0 Å². The van der Waals surface area contributed by atoms with Crippen molar-refractivity contribution >= 4 is 29.6 Å². The molecule has 2 fully saturated rings. The van der Waals surface area contributed by atoms with E-state index in [4.69, 9.17) is 19.9 Å². The first-order valence-electron chi connectivity index (χ1n) is 19.7. The van der Waals surface area contributed by atoms with E-state index in [-0.39, 0.29) is 47.8 Å². The van der Waals surface area contributed by atoms with E-state index in [1.54, 1.807) is 43.7 Å². The van der Waals surface area contributed by atoms with E-state index in [9.17, 15) is 24.0 Å². The van der Waals surface area contributed by atoms with Gasteiger partial charge in [-0.3, -0.25) is 19.2 Å². The fourth-order valence-electron chi connectivity index (χ4n) is 8.96. The first-order chi connectivity index (χ1) is 25.7. The predicted octanol–water partition coefficient (Wildman–Crippen LogP) is 3.77. The summed E-state index contributed by atoms with van der Waals surface area (Å²) in [7, 11) is 6.04. The molecule has 0 aromatic rings. The Balaban J connectivity index is 1.85. The van der Waals surface area contributed by atoms with Gasteiger partial charge in [-0.25, -0.2) is 4.79 Å². The number of carbonyl (C=O) groups is 5. The smallest absolute Gasteiger partial charge is 0.328 e. The molecular weight excluding hydrogens is 702 g/mol. The Bertz CT molecular complexity index is 1470. The summed E-state index contributed by atoms with van der Waals surface area (Å²) < 4.78 is 17.3. The van der Waals surface area contributed by atoms with E-state index >= 15 is 0 Å². The number of hydrogen-bond acceptors (Lipinski definition) is 9. The maximum absolute atomic E-state index is 14.4. The van der Waals surface area contributed by atoms with Crippen molar-refractivity contribution in [2.75, 3.05) is 34.9 Å². The molecule has 3 rings (SSSR count). The molecule has 3 aliphatic rings. The molecule has 0 radical (unpaired) electrons. The Morgan fingerprint density at radius 2 is 1.64 bits per heavy atom. The number of esters is 1. The molecule has 1 aliphatic heterocycles. The fourth-order valence-corrected chi connectivity index (χ4v) is 8.96. The van der Waals surface area contributed by atoms with E-state index in [1.165, 1.54) is 21.3 Å². The zero-order valence-electron chi connectivity index (χ0n) is 35.3. The van der Waals surface area contributed by atoms with Crippen molar-refractivity contribution in [1.29, 1.82) is 0 Å². The van der Waals surface area contributed by atoms with Crippen molar-refractivity contribution in [1.82, 2.24) is 20.4 Å². The summed E-state index contributed by atoms with van der Waals surface area (Å²) in [5.74, 6) is -2.84. The first kappa shape index (κ1) is 45.8. The molecule has 0 aromatic heterocycles. The van der Waals surface area contributed by atoms with Gasteiger partial charge in [0, 0.05) is 33.2 Å². The fraction of sp³-hybridized carbons (Fsp3) is 0.738. The molecule has 13 nitrogen and oxygen atoms in total. The molecular formula is C42H69N5O8. The topological polar surface area (TPSA) is 170 Å². The Morgan fingerprint density at radius 3 is 2.13 bits per heavy atom. The van der Waals surface area contributed by atoms with Crippen LogP contribution in [0.15, 0.2) is 37.0 Å². The number of likely N-dealkylation sites (N-methyl/N-ethyl adjacent to an activating group) is 1. The van der Waals surface area contributed by atoms with Gasteiger partial charge >= 0.3 is 5.97 Å². The van der Waals surface area contributed by atoms with E-state index in [0.717, 1.165) is 12.8 Å². The van der Waals surface area contributed by atoms with Gasteiger partial charge in [-0.05, 0) is 70.1 Å². The van der Waals surface area contributed by atoms with Gasteiger partial charge in [-0.15, -0.1) is 6.58 Å². The molecule has 3 unspecified atom stereocenters. The minimum Gasteiger partial charge on any atom is -0.467 e. The van der Waals surface area contributed by atoms with Crippen LogP contribution < -0.4 is 16.4 Å². The van der Waals surface area contributed by atoms with Crippen LogP contribution in [-0.2, 0) is 38.2 Å². The van der Waals surface area contributed by atoms with E-state index in [2.05, 4.69) is 36.3 Å². The summed E-state index contributed by atoms with van der Waals surface area (Å²) in [6.45, 7) is 19.0. The van der Waals surface area contributed by atoms with Crippen LogP contribution >= 0.6 is 0 Å². The molecule has 310 valence electrons. The number of methoxy groups -OCH3 is 3. The Morgan fingerprint density at radius 1 is 1.02 bits per heavy atom. The highest BCUT2D eigenvalue weighted by Crippen LogP contribution is 2.58. The average molecular weight is 772 g/mol. The largest absolute Gasteiger partial charge is 0.467 e. The van der Waals surface area contributed by atoms with Crippen LogP contribution in [0.5, 0.6) is 0 Å². The minimum atomic E-state index is -1.19. The first-order valence-corrected chi connectivity index (χ1v) is 19.7. The van der Waals surface area contributed by atoms with Gasteiger partial charge in [0.2, 0.25) is 23.6 Å². The maximum Gasteiger partial charge on any atom is 0.328 e. The van der Waals surface area contributed by atoms with Crippen molar-refractivity contribution in [2.24, 2.45) is 40.7 Å². The number of amides is 4. The summed E-state index contributed by atoms with van der Waals surface area (Å²) >= 11 is 0. The zero-order valence-corrected chi connectivity index (χ0v) is 35.3. The Labute approximate surface area is 329 Å². The van der Waals surface area contributed by atoms with Crippen molar-refractivity contribution in [3.63, 3.8) is 0 Å². The van der Waals surface area contributed by atoms with Gasteiger partial charge in [-0.1, -0.05) is 65.0 Å². The standard InChI is InChI=1S/C42H69N5O8/c1-14-26(4)33(46(10)37(50)32(25(2)3)44-39(52)40(7,8)43)30(53-11)24-31(48)47-23-17-20-41(47,9)35(54-12)28(6)36(49)45-34(38(51)55-13)42(21-22-42)29-19-16-15-18-27(29)5/h14-16,18-19,25-30,32-35H,1,17,20-24,43H2,2-13H3,(H,44,52)(H,45,49)/t26-,27?,28+,29?,30+,32-,33-,34-,35+,41?/m0/s1. The molecule has 4 amide bonds. The normalized spacial score (nSPS) is 25.5. The molecule has 55 heavy (non-hydrogen) atoms. The number of rotatable bonds is 19. The quantitative estimate of drug-likeness (QED) is 0.131. The van der Waals surface area contributed by atoms with Gasteiger partial charge in [0.1, 0.15) is 12.1 Å². The van der Waals surface area contributed by atoms with Crippen LogP contribution in [0.25, 0.3) is 0 Å². The van der Waals surface area contributed by atoms with Crippen LogP contribution in [-0.4, -0.2) is 116 Å². The molecule has 13 heteroatoms. The molecule has 2 aliphatic carbocycles. The molecule has 0 spiro atoms. The third-order valence-electron chi connectivity index (χ3n) is 12.5. The molecule has 0 bridgehead atoms. The van der Waals surface area contributed by atoms with Crippen molar-refractivity contribution in [2.45, 2.75) is 129 Å². The third kappa shape index (κ3) is 9.89. The zero-order chi connectivity index (χ0) is 41.6. The number of ether oxygens (including phenoxy) is 3. The van der Waals surface area contributed by atoms with Crippen LogP contribution in [0.4, 0.5) is 0 Å². The van der Waals surface area contributed by atoms with Crippen molar-refractivity contribution < 1.29 is 38.2 Å². The summed E-state index contributed by atoms with van der Waals surface area (Å²) in [4.78, 5) is 72.0. The lowest BCUT2D eigenvalue weighted by Gasteiger charge is -2.44. The lowest BCUT2D eigenvalue weighted by Crippen LogP contribution is -2.61. The van der Waals surface area contributed by atoms with Crippen LogP contribution in [0.3, 0.4) is 0 Å². The second kappa shape index (κ2) is 18.6. The summed E-state index contributed by atoms with van der Waals surface area (Å²) in [6.07, 6.45) is 11.3.